The SMILES string of the molecule is CCCCCc1ccc(C(=O)N(Cc2cccc(C#CCO)c2)C2CCN(CCC(C)C)CC2)cc1. The van der Waals surface area contributed by atoms with Crippen molar-refractivity contribution in [1.82, 2.24) is 9.80 Å². The van der Waals surface area contributed by atoms with Crippen LogP contribution in [-0.2, 0) is 13.0 Å². The maximum Gasteiger partial charge on any atom is 0.254 e. The molecule has 1 amide bonds. The van der Waals surface area contributed by atoms with Crippen molar-refractivity contribution in [3.8, 4) is 11.8 Å². The molecule has 0 unspecified atom stereocenters. The third-order valence-corrected chi connectivity index (χ3v) is 7.14. The lowest BCUT2D eigenvalue weighted by Gasteiger charge is -2.39. The number of carbonyl (C=O) groups excluding carboxylic acids is 1. The van der Waals surface area contributed by atoms with Gasteiger partial charge in [-0.25, -0.2) is 0 Å². The van der Waals surface area contributed by atoms with E-state index < -0.39 is 0 Å². The average molecular weight is 489 g/mol. The third kappa shape index (κ3) is 8.80. The number of nitrogens with zero attached hydrogens (tertiary/aromatic N) is 2. The minimum atomic E-state index is -0.154. The van der Waals surface area contributed by atoms with Crippen LogP contribution in [0.5, 0.6) is 0 Å². The third-order valence-electron chi connectivity index (χ3n) is 7.14. The lowest BCUT2D eigenvalue weighted by molar-refractivity contribution is 0.0546. The molecule has 0 bridgehead atoms. The Morgan fingerprint density at radius 2 is 1.83 bits per heavy atom. The van der Waals surface area contributed by atoms with E-state index in [0.29, 0.717) is 12.5 Å². The highest BCUT2D eigenvalue weighted by atomic mass is 16.2. The molecular formula is C32H44N2O2. The van der Waals surface area contributed by atoms with E-state index in [-0.39, 0.29) is 18.6 Å². The van der Waals surface area contributed by atoms with E-state index in [1.165, 1.54) is 31.2 Å². The number of unbranched alkanes of at least 4 members (excludes halogenated alkanes) is 2. The second kappa shape index (κ2) is 14.8. The van der Waals surface area contributed by atoms with E-state index in [4.69, 9.17) is 5.11 Å². The largest absolute Gasteiger partial charge is 0.384 e. The molecular weight excluding hydrogens is 444 g/mol. The second-order valence-corrected chi connectivity index (χ2v) is 10.5. The number of piperidine rings is 1. The summed E-state index contributed by atoms with van der Waals surface area (Å²) in [4.78, 5) is 18.5. The number of hydrogen-bond donors (Lipinski definition) is 1. The van der Waals surface area contributed by atoms with Crippen molar-refractivity contribution in [3.05, 3.63) is 70.8 Å². The molecule has 1 aliphatic rings. The molecule has 2 aromatic rings. The lowest BCUT2D eigenvalue weighted by Crippen LogP contribution is -2.47. The molecule has 1 saturated heterocycles. The first-order chi connectivity index (χ1) is 17.5. The van der Waals surface area contributed by atoms with Gasteiger partial charge in [0.2, 0.25) is 0 Å². The predicted octanol–water partition coefficient (Wildman–Crippen LogP) is 5.92. The summed E-state index contributed by atoms with van der Waals surface area (Å²) in [5, 5.41) is 9.05. The van der Waals surface area contributed by atoms with Crippen molar-refractivity contribution in [2.24, 2.45) is 5.92 Å². The normalized spacial score (nSPS) is 14.5. The number of rotatable bonds is 11. The number of aryl methyl sites for hydroxylation is 1. The van der Waals surface area contributed by atoms with Gasteiger partial charge in [0.25, 0.3) is 5.91 Å². The molecule has 194 valence electrons. The van der Waals surface area contributed by atoms with Gasteiger partial charge in [0, 0.05) is 36.8 Å². The smallest absolute Gasteiger partial charge is 0.254 e. The van der Waals surface area contributed by atoms with Gasteiger partial charge in [-0.2, -0.15) is 0 Å². The summed E-state index contributed by atoms with van der Waals surface area (Å²) in [5.74, 6) is 6.55. The lowest BCUT2D eigenvalue weighted by atomic mass is 9.99. The van der Waals surface area contributed by atoms with Crippen molar-refractivity contribution in [2.75, 3.05) is 26.2 Å². The summed E-state index contributed by atoms with van der Waals surface area (Å²) < 4.78 is 0. The standard InChI is InChI=1S/C32H44N2O2/c1-4-5-6-9-27-13-15-30(16-14-27)32(36)34(25-29-11-7-10-28(24-29)12-8-23-35)31-18-21-33(22-19-31)20-17-26(2)3/h7,10-11,13-16,24,26,31,35H,4-6,9,17-23,25H2,1-3H3. The maximum absolute atomic E-state index is 13.8. The topological polar surface area (TPSA) is 43.8 Å². The van der Waals surface area contributed by atoms with E-state index in [2.05, 4.69) is 60.6 Å². The van der Waals surface area contributed by atoms with Crippen LogP contribution >= 0.6 is 0 Å². The number of aliphatic hydroxyl groups is 1. The monoisotopic (exact) mass is 488 g/mol. The van der Waals surface area contributed by atoms with Crippen molar-refractivity contribution in [3.63, 3.8) is 0 Å². The van der Waals surface area contributed by atoms with E-state index in [0.717, 1.165) is 55.6 Å². The number of hydrogen-bond acceptors (Lipinski definition) is 3. The molecule has 4 nitrogen and oxygen atoms in total. The first-order valence-electron chi connectivity index (χ1n) is 13.8. The summed E-state index contributed by atoms with van der Waals surface area (Å²) in [6, 6.07) is 16.5. The molecule has 4 heteroatoms. The van der Waals surface area contributed by atoms with E-state index >= 15 is 0 Å². The van der Waals surface area contributed by atoms with Gasteiger partial charge in [0.15, 0.2) is 0 Å². The molecule has 1 aliphatic heterocycles. The van der Waals surface area contributed by atoms with Gasteiger partial charge >= 0.3 is 0 Å². The highest BCUT2D eigenvalue weighted by molar-refractivity contribution is 5.94. The molecule has 0 atom stereocenters. The van der Waals surface area contributed by atoms with Gasteiger partial charge < -0.3 is 14.9 Å². The molecule has 0 spiro atoms. The minimum Gasteiger partial charge on any atom is -0.384 e. The van der Waals surface area contributed by atoms with Crippen LogP contribution in [0.1, 0.15) is 86.3 Å². The van der Waals surface area contributed by atoms with Crippen molar-refractivity contribution >= 4 is 5.91 Å². The fourth-order valence-electron chi connectivity index (χ4n) is 4.91. The average Bonchev–Trinajstić information content (AvgIpc) is 2.90. The fraction of sp³-hybridized carbons (Fsp3) is 0.531. The zero-order chi connectivity index (χ0) is 25.8. The molecule has 0 aromatic heterocycles. The maximum atomic E-state index is 13.8. The van der Waals surface area contributed by atoms with E-state index in [1.54, 1.807) is 0 Å². The van der Waals surface area contributed by atoms with Crippen molar-refractivity contribution in [1.29, 1.82) is 0 Å². The molecule has 36 heavy (non-hydrogen) atoms. The Morgan fingerprint density at radius 1 is 1.08 bits per heavy atom. The highest BCUT2D eigenvalue weighted by Gasteiger charge is 2.29. The minimum absolute atomic E-state index is 0.114. The van der Waals surface area contributed by atoms with E-state index in [1.807, 2.05) is 30.3 Å². The van der Waals surface area contributed by atoms with Crippen LogP contribution < -0.4 is 0 Å². The molecule has 0 aliphatic carbocycles. The molecule has 3 rings (SSSR count). The van der Waals surface area contributed by atoms with Crippen LogP contribution in [0, 0.1) is 17.8 Å². The van der Waals surface area contributed by atoms with E-state index in [9.17, 15) is 4.79 Å². The molecule has 0 radical (unpaired) electrons. The zero-order valence-electron chi connectivity index (χ0n) is 22.5. The Bertz CT molecular complexity index is 995. The number of carbonyl (C=O) groups is 1. The fourth-order valence-corrected chi connectivity index (χ4v) is 4.91. The second-order valence-electron chi connectivity index (χ2n) is 10.5. The van der Waals surface area contributed by atoms with Gasteiger partial charge in [-0.05, 0) is 80.0 Å². The van der Waals surface area contributed by atoms with Crippen LogP contribution in [0.2, 0.25) is 0 Å². The van der Waals surface area contributed by atoms with Gasteiger partial charge in [-0.3, -0.25) is 4.79 Å². The van der Waals surface area contributed by atoms with Gasteiger partial charge in [-0.15, -0.1) is 0 Å². The summed E-state index contributed by atoms with van der Waals surface area (Å²) in [6.07, 6.45) is 7.95. The number of aliphatic hydroxyl groups excluding tert-OH is 1. The van der Waals surface area contributed by atoms with Crippen LogP contribution in [0.25, 0.3) is 0 Å². The van der Waals surface area contributed by atoms with Crippen LogP contribution in [0.3, 0.4) is 0 Å². The first kappa shape index (κ1) is 28.0. The Kier molecular flexibility index (Phi) is 11.5. The van der Waals surface area contributed by atoms with Gasteiger partial charge in [0.05, 0.1) is 0 Å². The summed E-state index contributed by atoms with van der Waals surface area (Å²) >= 11 is 0. The Labute approximate surface area is 218 Å². The highest BCUT2D eigenvalue weighted by Crippen LogP contribution is 2.23. The molecule has 0 saturated carbocycles. The van der Waals surface area contributed by atoms with Crippen LogP contribution in [0.4, 0.5) is 0 Å². The summed E-state index contributed by atoms with van der Waals surface area (Å²) in [7, 11) is 0. The van der Waals surface area contributed by atoms with Crippen LogP contribution in [-0.4, -0.2) is 53.1 Å². The summed E-state index contributed by atoms with van der Waals surface area (Å²) in [6.45, 7) is 10.4. The Balaban J connectivity index is 1.76. The molecule has 1 N–H and O–H groups in total. The Morgan fingerprint density at radius 3 is 2.50 bits per heavy atom. The van der Waals surface area contributed by atoms with Crippen molar-refractivity contribution < 1.29 is 9.90 Å². The van der Waals surface area contributed by atoms with Gasteiger partial charge in [0.1, 0.15) is 6.61 Å². The van der Waals surface area contributed by atoms with Crippen molar-refractivity contribution in [2.45, 2.75) is 78.3 Å². The van der Waals surface area contributed by atoms with Crippen LogP contribution in [0.15, 0.2) is 48.5 Å². The number of benzene rings is 2. The molecule has 2 aromatic carbocycles. The zero-order valence-corrected chi connectivity index (χ0v) is 22.5. The predicted molar refractivity (Wildman–Crippen MR) is 149 cm³/mol. The number of likely N-dealkylation sites (tertiary alicyclic amines) is 1. The van der Waals surface area contributed by atoms with Gasteiger partial charge in [-0.1, -0.05) is 69.7 Å². The first-order valence-corrected chi connectivity index (χ1v) is 13.8. The number of amides is 1. The Hall–Kier alpha value is -2.61. The molecule has 1 fully saturated rings. The molecule has 1 heterocycles. The summed E-state index contributed by atoms with van der Waals surface area (Å²) in [5.41, 5.74) is 4.02. The quantitative estimate of drug-likeness (QED) is 0.316.